The molecule has 2 N–H and O–H groups in total. The van der Waals surface area contributed by atoms with E-state index in [0.29, 0.717) is 5.52 Å². The number of aromatic amines is 1. The van der Waals surface area contributed by atoms with Crippen molar-refractivity contribution in [2.75, 3.05) is 0 Å². The Hall–Kier alpha value is -1.84. The van der Waals surface area contributed by atoms with Crippen molar-refractivity contribution in [3.8, 4) is 0 Å². The average Bonchev–Trinajstić information content (AvgIpc) is 2.51. The van der Waals surface area contributed by atoms with Crippen molar-refractivity contribution in [2.45, 2.75) is 6.42 Å². The fraction of sp³-hybridized carbons (Fsp3) is 0.100. The van der Waals surface area contributed by atoms with Crippen molar-refractivity contribution < 1.29 is 14.3 Å². The van der Waals surface area contributed by atoms with Crippen LogP contribution in [0.3, 0.4) is 0 Å². The van der Waals surface area contributed by atoms with Crippen LogP contribution >= 0.6 is 0 Å². The van der Waals surface area contributed by atoms with Gasteiger partial charge < -0.3 is 10.1 Å². The molecule has 1 heterocycles. The van der Waals surface area contributed by atoms with Crippen LogP contribution in [0.25, 0.3) is 10.9 Å². The topological polar surface area (TPSA) is 53.1 Å². The van der Waals surface area contributed by atoms with Crippen LogP contribution < -0.4 is 0 Å². The summed E-state index contributed by atoms with van der Waals surface area (Å²) >= 11 is 0. The summed E-state index contributed by atoms with van der Waals surface area (Å²) in [5.74, 6) is -1.51. The molecule has 4 heteroatoms. The second-order valence-electron chi connectivity index (χ2n) is 3.08. The van der Waals surface area contributed by atoms with E-state index in [0.717, 1.165) is 5.39 Å². The van der Waals surface area contributed by atoms with E-state index in [1.807, 2.05) is 0 Å². The monoisotopic (exact) mass is 193 g/mol. The van der Waals surface area contributed by atoms with E-state index in [4.69, 9.17) is 5.11 Å². The third-order valence-corrected chi connectivity index (χ3v) is 2.06. The summed E-state index contributed by atoms with van der Waals surface area (Å²) in [6.45, 7) is 0. The molecule has 0 saturated carbocycles. The normalized spacial score (nSPS) is 10.6. The molecule has 0 aliphatic carbocycles. The predicted molar refractivity (Wildman–Crippen MR) is 49.6 cm³/mol. The van der Waals surface area contributed by atoms with Crippen molar-refractivity contribution in [2.24, 2.45) is 0 Å². The lowest BCUT2D eigenvalue weighted by atomic mass is 10.1. The lowest BCUT2D eigenvalue weighted by molar-refractivity contribution is -0.136. The number of hydrogen-bond acceptors (Lipinski definition) is 1. The summed E-state index contributed by atoms with van der Waals surface area (Å²) in [7, 11) is 0. The molecular formula is C10H8FNO2. The Morgan fingerprint density at radius 1 is 1.50 bits per heavy atom. The molecule has 0 fully saturated rings. The number of carbonyl (C=O) groups is 1. The molecule has 0 atom stereocenters. The number of rotatable bonds is 2. The van der Waals surface area contributed by atoms with Crippen LogP contribution in [0.5, 0.6) is 0 Å². The van der Waals surface area contributed by atoms with Crippen molar-refractivity contribution in [1.29, 1.82) is 0 Å². The number of benzene rings is 1. The first-order valence-electron chi connectivity index (χ1n) is 4.14. The highest BCUT2D eigenvalue weighted by atomic mass is 19.1. The summed E-state index contributed by atoms with van der Waals surface area (Å²) < 4.78 is 13.3. The van der Waals surface area contributed by atoms with Crippen LogP contribution in [-0.4, -0.2) is 16.1 Å². The van der Waals surface area contributed by atoms with E-state index in [1.54, 1.807) is 18.3 Å². The molecule has 0 aliphatic rings. The standard InChI is InChI=1S/C10H8FNO2/c11-8-5-9-6(1-2-12-9)3-7(8)4-10(13)14/h1-3,5,12H,4H2,(H,13,14). The molecule has 3 nitrogen and oxygen atoms in total. The molecule has 14 heavy (non-hydrogen) atoms. The van der Waals surface area contributed by atoms with Crippen molar-refractivity contribution in [1.82, 2.24) is 4.98 Å². The van der Waals surface area contributed by atoms with Gasteiger partial charge in [0.25, 0.3) is 0 Å². The van der Waals surface area contributed by atoms with E-state index < -0.39 is 11.8 Å². The maximum atomic E-state index is 13.3. The molecule has 0 spiro atoms. The van der Waals surface area contributed by atoms with E-state index in [9.17, 15) is 9.18 Å². The number of hydrogen-bond donors (Lipinski definition) is 2. The van der Waals surface area contributed by atoms with Gasteiger partial charge in [0.15, 0.2) is 0 Å². The van der Waals surface area contributed by atoms with Crippen LogP contribution in [0.4, 0.5) is 4.39 Å². The largest absolute Gasteiger partial charge is 0.481 e. The van der Waals surface area contributed by atoms with Gasteiger partial charge in [0.1, 0.15) is 5.82 Å². The summed E-state index contributed by atoms with van der Waals surface area (Å²) in [5, 5.41) is 9.36. The van der Waals surface area contributed by atoms with Crippen LogP contribution in [0.2, 0.25) is 0 Å². The second-order valence-corrected chi connectivity index (χ2v) is 3.08. The van der Waals surface area contributed by atoms with Crippen LogP contribution in [0.1, 0.15) is 5.56 Å². The minimum atomic E-state index is -1.03. The number of fused-ring (bicyclic) bond motifs is 1. The number of halogens is 1. The zero-order valence-corrected chi connectivity index (χ0v) is 7.25. The number of carboxylic acids is 1. The Morgan fingerprint density at radius 2 is 2.29 bits per heavy atom. The molecule has 0 aliphatic heterocycles. The Bertz CT molecular complexity index is 490. The maximum Gasteiger partial charge on any atom is 0.307 e. The molecule has 1 aromatic heterocycles. The van der Waals surface area contributed by atoms with Gasteiger partial charge in [0, 0.05) is 11.7 Å². The first-order valence-corrected chi connectivity index (χ1v) is 4.14. The second kappa shape index (κ2) is 3.14. The summed E-state index contributed by atoms with van der Waals surface area (Å²) in [6.07, 6.45) is 1.40. The van der Waals surface area contributed by atoms with Crippen molar-refractivity contribution in [3.63, 3.8) is 0 Å². The minimum absolute atomic E-state index is 0.213. The first-order chi connectivity index (χ1) is 6.66. The summed E-state index contributed by atoms with van der Waals surface area (Å²) in [5.41, 5.74) is 0.890. The van der Waals surface area contributed by atoms with Crippen molar-refractivity contribution in [3.05, 3.63) is 35.8 Å². The fourth-order valence-corrected chi connectivity index (χ4v) is 1.42. The quantitative estimate of drug-likeness (QED) is 0.765. The van der Waals surface area contributed by atoms with Gasteiger partial charge in [0.2, 0.25) is 0 Å². The molecule has 0 bridgehead atoms. The molecule has 0 radical (unpaired) electrons. The van der Waals surface area contributed by atoms with Gasteiger partial charge in [-0.2, -0.15) is 0 Å². The highest BCUT2D eigenvalue weighted by Gasteiger charge is 2.08. The van der Waals surface area contributed by atoms with E-state index in [-0.39, 0.29) is 12.0 Å². The highest BCUT2D eigenvalue weighted by Crippen LogP contribution is 2.18. The smallest absolute Gasteiger partial charge is 0.307 e. The zero-order valence-electron chi connectivity index (χ0n) is 7.25. The summed E-state index contributed by atoms with van der Waals surface area (Å²) in [6, 6.07) is 4.64. The van der Waals surface area contributed by atoms with Crippen LogP contribution in [0, 0.1) is 5.82 Å². The zero-order chi connectivity index (χ0) is 10.1. The first kappa shape index (κ1) is 8.74. The Labute approximate surface area is 79.2 Å². The molecule has 1 aromatic carbocycles. The molecule has 72 valence electrons. The fourth-order valence-electron chi connectivity index (χ4n) is 1.42. The van der Waals surface area contributed by atoms with Gasteiger partial charge in [-0.1, -0.05) is 0 Å². The minimum Gasteiger partial charge on any atom is -0.481 e. The highest BCUT2D eigenvalue weighted by molar-refractivity contribution is 5.81. The number of H-pyrrole nitrogens is 1. The third-order valence-electron chi connectivity index (χ3n) is 2.06. The third kappa shape index (κ3) is 1.46. The summed E-state index contributed by atoms with van der Waals surface area (Å²) in [4.78, 5) is 13.3. The van der Waals surface area contributed by atoms with E-state index in [1.165, 1.54) is 6.07 Å². The Kier molecular flexibility index (Phi) is 1.96. The lowest BCUT2D eigenvalue weighted by Gasteiger charge is -1.99. The molecule has 2 rings (SSSR count). The molecule has 2 aromatic rings. The van der Waals surface area contributed by atoms with Crippen LogP contribution in [0.15, 0.2) is 24.4 Å². The van der Waals surface area contributed by atoms with E-state index >= 15 is 0 Å². The van der Waals surface area contributed by atoms with Crippen LogP contribution in [-0.2, 0) is 11.2 Å². The molecular weight excluding hydrogens is 185 g/mol. The molecule has 0 saturated heterocycles. The number of aliphatic carboxylic acids is 1. The van der Waals surface area contributed by atoms with Gasteiger partial charge >= 0.3 is 5.97 Å². The number of aromatic nitrogens is 1. The van der Waals surface area contributed by atoms with Gasteiger partial charge in [0.05, 0.1) is 6.42 Å². The SMILES string of the molecule is O=C(O)Cc1cc2cc[nH]c2cc1F. The van der Waals surface area contributed by atoms with Gasteiger partial charge in [-0.3, -0.25) is 4.79 Å². The number of carboxylic acid groups (broad SMARTS) is 1. The van der Waals surface area contributed by atoms with Crippen molar-refractivity contribution >= 4 is 16.9 Å². The molecule has 0 amide bonds. The average molecular weight is 193 g/mol. The van der Waals surface area contributed by atoms with Gasteiger partial charge in [-0.15, -0.1) is 0 Å². The maximum absolute atomic E-state index is 13.3. The Balaban J connectivity index is 2.53. The Morgan fingerprint density at radius 3 is 3.00 bits per heavy atom. The lowest BCUT2D eigenvalue weighted by Crippen LogP contribution is -2.02. The molecule has 0 unspecified atom stereocenters. The van der Waals surface area contributed by atoms with E-state index in [2.05, 4.69) is 4.98 Å². The number of nitrogens with one attached hydrogen (secondary N) is 1. The van der Waals surface area contributed by atoms with Gasteiger partial charge in [-0.25, -0.2) is 4.39 Å². The predicted octanol–water partition coefficient (Wildman–Crippen LogP) is 1.93. The van der Waals surface area contributed by atoms with Gasteiger partial charge in [-0.05, 0) is 29.1 Å².